The lowest BCUT2D eigenvalue weighted by molar-refractivity contribution is -0.136. The van der Waals surface area contributed by atoms with E-state index in [-0.39, 0.29) is 12.0 Å². The summed E-state index contributed by atoms with van der Waals surface area (Å²) in [4.78, 5) is 23.3. The zero-order chi connectivity index (χ0) is 17.0. The quantitative estimate of drug-likeness (QED) is 0.727. The molecule has 24 heavy (non-hydrogen) atoms. The summed E-state index contributed by atoms with van der Waals surface area (Å²) in [6.07, 6.45) is 3.87. The summed E-state index contributed by atoms with van der Waals surface area (Å²) < 4.78 is 11.5. The van der Waals surface area contributed by atoms with Crippen molar-refractivity contribution in [3.8, 4) is 0 Å². The third-order valence-electron chi connectivity index (χ3n) is 5.05. The second-order valence-electron chi connectivity index (χ2n) is 6.53. The van der Waals surface area contributed by atoms with Gasteiger partial charge in [-0.1, -0.05) is 0 Å². The van der Waals surface area contributed by atoms with Crippen LogP contribution in [0.5, 0.6) is 0 Å². The fourth-order valence-electron chi connectivity index (χ4n) is 3.77. The molecule has 0 spiro atoms. The fraction of sp³-hybridized carbons (Fsp3) is 0.368. The van der Waals surface area contributed by atoms with E-state index in [0.717, 1.165) is 53.4 Å². The summed E-state index contributed by atoms with van der Waals surface area (Å²) in [6.45, 7) is 3.67. The Balaban J connectivity index is 2.10. The van der Waals surface area contributed by atoms with E-state index >= 15 is 0 Å². The Morgan fingerprint density at radius 2 is 1.79 bits per heavy atom. The normalized spacial score (nSPS) is 14.2. The molecular weight excluding hydrogens is 308 g/mol. The molecule has 0 bridgehead atoms. The van der Waals surface area contributed by atoms with E-state index in [1.54, 1.807) is 6.92 Å². The Bertz CT molecular complexity index is 1050. The van der Waals surface area contributed by atoms with Crippen LogP contribution in [0.25, 0.3) is 21.9 Å². The highest BCUT2D eigenvalue weighted by Crippen LogP contribution is 2.37. The molecule has 1 aliphatic rings. The third-order valence-corrected chi connectivity index (χ3v) is 5.05. The van der Waals surface area contributed by atoms with Crippen LogP contribution in [0.1, 0.15) is 40.9 Å². The van der Waals surface area contributed by atoms with Gasteiger partial charge in [0.2, 0.25) is 0 Å². The van der Waals surface area contributed by atoms with Crippen LogP contribution in [-0.2, 0) is 24.1 Å². The molecule has 0 saturated heterocycles. The number of carbonyl (C=O) groups is 1. The zero-order valence-electron chi connectivity index (χ0n) is 13.7. The summed E-state index contributed by atoms with van der Waals surface area (Å²) in [5.74, 6) is -0.0105. The lowest BCUT2D eigenvalue weighted by atomic mass is 9.93. The molecule has 124 valence electrons. The van der Waals surface area contributed by atoms with Gasteiger partial charge in [0.15, 0.2) is 0 Å². The van der Waals surface area contributed by atoms with Gasteiger partial charge in [0, 0.05) is 28.3 Å². The largest absolute Gasteiger partial charge is 0.481 e. The summed E-state index contributed by atoms with van der Waals surface area (Å²) >= 11 is 0. The Hall–Kier alpha value is -2.56. The number of hydrogen-bond donors (Lipinski definition) is 1. The second kappa shape index (κ2) is 5.23. The van der Waals surface area contributed by atoms with Crippen LogP contribution in [0.2, 0.25) is 0 Å². The standard InChI is InChI=1S/C19H18O5/c1-9-12-7-14-11-5-3-4-6-15(11)23-18(14)10(2)17(12)24-19(22)13(9)8-16(20)21/h7H,3-6,8H2,1-2H3,(H,20,21). The lowest BCUT2D eigenvalue weighted by Gasteiger charge is -2.10. The molecule has 3 aromatic rings. The first-order valence-corrected chi connectivity index (χ1v) is 8.19. The number of hydrogen-bond acceptors (Lipinski definition) is 4. The van der Waals surface area contributed by atoms with Crippen LogP contribution in [0.3, 0.4) is 0 Å². The number of rotatable bonds is 2. The molecule has 0 radical (unpaired) electrons. The molecule has 5 nitrogen and oxygen atoms in total. The van der Waals surface area contributed by atoms with Crippen molar-refractivity contribution in [2.45, 2.75) is 46.0 Å². The predicted molar refractivity (Wildman–Crippen MR) is 89.7 cm³/mol. The average Bonchev–Trinajstić information content (AvgIpc) is 2.92. The molecule has 0 unspecified atom stereocenters. The lowest BCUT2D eigenvalue weighted by Crippen LogP contribution is -2.15. The van der Waals surface area contributed by atoms with Crippen molar-refractivity contribution in [3.05, 3.63) is 44.5 Å². The van der Waals surface area contributed by atoms with Crippen LogP contribution in [-0.4, -0.2) is 11.1 Å². The number of aliphatic carboxylic acids is 1. The van der Waals surface area contributed by atoms with Crippen molar-refractivity contribution in [1.82, 2.24) is 0 Å². The SMILES string of the molecule is Cc1c(CC(=O)O)c(=O)oc2c(C)c3oc4c(c3cc12)CCCC4. The minimum Gasteiger partial charge on any atom is -0.481 e. The second-order valence-corrected chi connectivity index (χ2v) is 6.53. The number of aryl methyl sites for hydroxylation is 4. The predicted octanol–water partition coefficient (Wildman–Crippen LogP) is 3.66. The van der Waals surface area contributed by atoms with Gasteiger partial charge in [0.05, 0.1) is 12.0 Å². The molecule has 1 aliphatic carbocycles. The van der Waals surface area contributed by atoms with Gasteiger partial charge in [-0.2, -0.15) is 0 Å². The molecule has 0 atom stereocenters. The Morgan fingerprint density at radius 1 is 1.08 bits per heavy atom. The summed E-state index contributed by atoms with van der Waals surface area (Å²) in [7, 11) is 0. The Morgan fingerprint density at radius 3 is 2.54 bits per heavy atom. The van der Waals surface area contributed by atoms with Crippen LogP contribution < -0.4 is 5.63 Å². The number of fused-ring (bicyclic) bond motifs is 4. The average molecular weight is 326 g/mol. The van der Waals surface area contributed by atoms with E-state index in [0.29, 0.717) is 11.1 Å². The van der Waals surface area contributed by atoms with Crippen molar-refractivity contribution < 1.29 is 18.7 Å². The van der Waals surface area contributed by atoms with E-state index < -0.39 is 11.6 Å². The molecule has 1 N–H and O–H groups in total. The zero-order valence-corrected chi connectivity index (χ0v) is 13.7. The minimum absolute atomic E-state index is 0.214. The first-order valence-electron chi connectivity index (χ1n) is 8.19. The number of carboxylic acids is 1. The van der Waals surface area contributed by atoms with Gasteiger partial charge >= 0.3 is 11.6 Å². The van der Waals surface area contributed by atoms with Crippen LogP contribution in [0.4, 0.5) is 0 Å². The van der Waals surface area contributed by atoms with Crippen LogP contribution in [0, 0.1) is 13.8 Å². The smallest absolute Gasteiger partial charge is 0.340 e. The Labute approximate surface area is 137 Å². The van der Waals surface area contributed by atoms with E-state index in [4.69, 9.17) is 13.9 Å². The first kappa shape index (κ1) is 15.0. The number of carboxylic acid groups (broad SMARTS) is 1. The van der Waals surface area contributed by atoms with E-state index in [9.17, 15) is 9.59 Å². The van der Waals surface area contributed by atoms with Crippen molar-refractivity contribution in [2.24, 2.45) is 0 Å². The summed E-state index contributed by atoms with van der Waals surface area (Å²) in [6, 6.07) is 1.99. The van der Waals surface area contributed by atoms with Gasteiger partial charge in [-0.25, -0.2) is 4.79 Å². The molecule has 0 saturated carbocycles. The maximum absolute atomic E-state index is 12.2. The van der Waals surface area contributed by atoms with Gasteiger partial charge < -0.3 is 13.9 Å². The van der Waals surface area contributed by atoms with Gasteiger partial charge in [-0.3, -0.25) is 4.79 Å². The summed E-state index contributed by atoms with van der Waals surface area (Å²) in [5, 5.41) is 10.9. The van der Waals surface area contributed by atoms with Gasteiger partial charge in [-0.15, -0.1) is 0 Å². The highest BCUT2D eigenvalue weighted by atomic mass is 16.4. The molecule has 1 aromatic carbocycles. The third kappa shape index (κ3) is 2.08. The number of benzene rings is 1. The number of furan rings is 1. The van der Waals surface area contributed by atoms with Crippen molar-refractivity contribution in [2.75, 3.05) is 0 Å². The molecule has 5 heteroatoms. The summed E-state index contributed by atoms with van der Waals surface area (Å²) in [5.41, 5.74) is 3.63. The first-order chi connectivity index (χ1) is 11.5. The van der Waals surface area contributed by atoms with Crippen molar-refractivity contribution >= 4 is 27.9 Å². The molecule has 0 aliphatic heterocycles. The van der Waals surface area contributed by atoms with Crippen LogP contribution in [0.15, 0.2) is 19.7 Å². The topological polar surface area (TPSA) is 80.6 Å². The van der Waals surface area contributed by atoms with E-state index in [2.05, 4.69) is 0 Å². The molecule has 2 heterocycles. The maximum Gasteiger partial charge on any atom is 0.340 e. The van der Waals surface area contributed by atoms with Gasteiger partial charge in [-0.05, 0) is 44.7 Å². The van der Waals surface area contributed by atoms with E-state index in [1.807, 2.05) is 13.0 Å². The molecule has 0 fully saturated rings. The minimum atomic E-state index is -1.04. The van der Waals surface area contributed by atoms with Gasteiger partial charge in [0.25, 0.3) is 0 Å². The van der Waals surface area contributed by atoms with Crippen LogP contribution >= 0.6 is 0 Å². The maximum atomic E-state index is 12.2. The molecule has 0 amide bonds. The molecule has 2 aromatic heterocycles. The monoisotopic (exact) mass is 326 g/mol. The van der Waals surface area contributed by atoms with Crippen molar-refractivity contribution in [1.29, 1.82) is 0 Å². The fourth-order valence-corrected chi connectivity index (χ4v) is 3.77. The van der Waals surface area contributed by atoms with E-state index in [1.165, 1.54) is 5.56 Å². The molecular formula is C19H18O5. The van der Waals surface area contributed by atoms with Gasteiger partial charge in [0.1, 0.15) is 16.9 Å². The Kier molecular flexibility index (Phi) is 3.27. The highest BCUT2D eigenvalue weighted by molar-refractivity contribution is 6.00. The van der Waals surface area contributed by atoms with Crippen molar-refractivity contribution in [3.63, 3.8) is 0 Å². The molecule has 4 rings (SSSR count). The highest BCUT2D eigenvalue weighted by Gasteiger charge is 2.23.